The van der Waals surface area contributed by atoms with Crippen molar-refractivity contribution in [1.29, 1.82) is 0 Å². The molecule has 0 N–H and O–H groups in total. The number of pyridine rings is 1. The van der Waals surface area contributed by atoms with Crippen LogP contribution >= 0.6 is 11.8 Å². The van der Waals surface area contributed by atoms with E-state index in [1.54, 1.807) is 0 Å². The van der Waals surface area contributed by atoms with Crippen molar-refractivity contribution in [2.75, 3.05) is 0 Å². The minimum atomic E-state index is -11.2. The maximum atomic E-state index is 9.93. The molecule has 0 atom stereocenters. The number of para-hydroxylation sites is 2. The summed E-state index contributed by atoms with van der Waals surface area (Å²) in [5.74, 6) is 0. The van der Waals surface area contributed by atoms with E-state index in [1.807, 2.05) is 11.8 Å². The van der Waals surface area contributed by atoms with E-state index >= 15 is 0 Å². The van der Waals surface area contributed by atoms with Crippen molar-refractivity contribution < 1.29 is 21.4 Å². The maximum Gasteiger partial charge on any atom is 0.233 e. The van der Waals surface area contributed by atoms with Gasteiger partial charge in [0.15, 0.2) is 6.20 Å². The number of hydrogen-bond acceptors (Lipinski definition) is 1. The molecule has 36 heavy (non-hydrogen) atoms. The molecule has 1 aliphatic rings. The van der Waals surface area contributed by atoms with Gasteiger partial charge in [0, 0.05) is 11.6 Å². The van der Waals surface area contributed by atoms with E-state index < -0.39 is 19.5 Å². The largest absolute Gasteiger partial charge is 0.233 e. The van der Waals surface area contributed by atoms with Gasteiger partial charge in [-0.05, 0) is 29.3 Å². The Bertz CT molecular complexity index is 1580. The molecule has 6 rings (SSSR count). The molecule has 0 radical (unpaired) electrons. The van der Waals surface area contributed by atoms with Gasteiger partial charge in [-0.3, -0.25) is 0 Å². The Balaban J connectivity index is 0.000000338. The molecule has 1 aliphatic heterocycles. The van der Waals surface area contributed by atoms with Gasteiger partial charge in [-0.25, -0.2) is 0 Å². The van der Waals surface area contributed by atoms with Crippen LogP contribution in [-0.4, -0.2) is 19.5 Å². The Morgan fingerprint density at radius 3 is 1.72 bits per heavy atom. The summed E-state index contributed by atoms with van der Waals surface area (Å²) in [6, 6.07) is 36.8. The summed E-state index contributed by atoms with van der Waals surface area (Å²) in [4.78, 5) is 2.60. The standard InChI is InChI=1S/C27H18NS.6FH.Sb/c1-3-10-19(11-4-1)22-18-28-23-15-7-8-16-24(23)29-25-17-9-14-21(27(25)28)26(22)20-12-5-2-6-13-20;;;;;;;/h1-18H;6*1H;/q+1;;;;;;;+5/p-6. The molecule has 0 bridgehead atoms. The van der Waals surface area contributed by atoms with Gasteiger partial charge in [0.2, 0.25) is 11.2 Å². The van der Waals surface area contributed by atoms with Crippen LogP contribution in [0.25, 0.3) is 38.8 Å². The van der Waals surface area contributed by atoms with Crippen LogP contribution in [0.5, 0.6) is 0 Å². The monoisotopic (exact) mass is 623 g/mol. The van der Waals surface area contributed by atoms with Gasteiger partial charge in [0.1, 0.15) is 0 Å². The van der Waals surface area contributed by atoms with Crippen LogP contribution in [0.1, 0.15) is 0 Å². The fraction of sp³-hybridized carbons (Fsp3) is 0. The molecule has 2 heterocycles. The van der Waals surface area contributed by atoms with Crippen LogP contribution in [-0.2, 0) is 0 Å². The van der Waals surface area contributed by atoms with E-state index in [4.69, 9.17) is 0 Å². The summed E-state index contributed by atoms with van der Waals surface area (Å²) in [5, 5.41) is 1.29. The SMILES string of the molecule is [F][Sb-]([F])([F])([F])([F])[F].c1ccc(-c2c[n+]3c4c(cccc4c2-c2ccccc2)Sc2ccccc2-3)cc1. The van der Waals surface area contributed by atoms with E-state index in [0.717, 1.165) is 0 Å². The molecular weight excluding hydrogens is 606 g/mol. The van der Waals surface area contributed by atoms with Crippen molar-refractivity contribution >= 4 is 42.1 Å². The van der Waals surface area contributed by atoms with E-state index in [2.05, 4.69) is 114 Å². The van der Waals surface area contributed by atoms with E-state index in [9.17, 15) is 16.9 Å². The molecule has 0 amide bonds. The first kappa shape index (κ1) is 24.7. The summed E-state index contributed by atoms with van der Waals surface area (Å²) in [7, 11) is 0. The van der Waals surface area contributed by atoms with Crippen LogP contribution in [0, 0.1) is 0 Å². The average molecular weight is 624 g/mol. The number of halogens is 6. The fourth-order valence-electron chi connectivity index (χ4n) is 4.26. The van der Waals surface area contributed by atoms with Gasteiger partial charge >= 0.3 is 36.4 Å². The van der Waals surface area contributed by atoms with E-state index in [-0.39, 0.29) is 0 Å². The van der Waals surface area contributed by atoms with Crippen LogP contribution in [0.4, 0.5) is 16.9 Å². The van der Waals surface area contributed by atoms with Gasteiger partial charge in [0.25, 0.3) is 0 Å². The van der Waals surface area contributed by atoms with Crippen molar-refractivity contribution in [2.24, 2.45) is 0 Å². The average Bonchev–Trinajstić information content (AvgIpc) is 2.83. The fourth-order valence-corrected chi connectivity index (χ4v) is 5.37. The quantitative estimate of drug-likeness (QED) is 0.106. The summed E-state index contributed by atoms with van der Waals surface area (Å²) in [6.07, 6.45) is 2.32. The zero-order valence-corrected chi connectivity index (χ0v) is 21.8. The zero-order valence-electron chi connectivity index (χ0n) is 18.5. The molecule has 0 saturated heterocycles. The Labute approximate surface area is 209 Å². The second-order valence-electron chi connectivity index (χ2n) is 8.20. The predicted octanol–water partition coefficient (Wildman–Crippen LogP) is 9.06. The number of hydrogen-bond donors (Lipinski definition) is 0. The van der Waals surface area contributed by atoms with Gasteiger partial charge in [-0.2, -0.15) is 4.57 Å². The molecule has 184 valence electrons. The third-order valence-corrected chi connectivity index (χ3v) is 6.64. The molecule has 1 nitrogen and oxygen atoms in total. The smallest absolute Gasteiger partial charge is 0.157 e. The van der Waals surface area contributed by atoms with Crippen molar-refractivity contribution in [3.8, 4) is 27.9 Å². The Morgan fingerprint density at radius 1 is 0.556 bits per heavy atom. The van der Waals surface area contributed by atoms with Crippen LogP contribution in [0.3, 0.4) is 0 Å². The first-order valence-electron chi connectivity index (χ1n) is 10.8. The van der Waals surface area contributed by atoms with E-state index in [1.165, 1.54) is 48.6 Å². The van der Waals surface area contributed by atoms with Crippen molar-refractivity contribution in [3.05, 3.63) is 109 Å². The number of rotatable bonds is 2. The van der Waals surface area contributed by atoms with Crippen molar-refractivity contribution in [2.45, 2.75) is 9.79 Å². The second kappa shape index (κ2) is 8.28. The minimum Gasteiger partial charge on any atom is -0.157 e. The summed E-state index contributed by atoms with van der Waals surface area (Å²) < 4.78 is 61.9. The maximum absolute atomic E-state index is 11.2. The van der Waals surface area contributed by atoms with Crippen molar-refractivity contribution in [1.82, 2.24) is 0 Å². The van der Waals surface area contributed by atoms with Gasteiger partial charge in [-0.1, -0.05) is 90.6 Å². The molecule has 0 fully saturated rings. The number of benzene rings is 4. The first-order valence-corrected chi connectivity index (χ1v) is 17.4. The van der Waals surface area contributed by atoms with Gasteiger partial charge in [0.05, 0.1) is 20.7 Å². The molecular formula is C27H18F6NSSb. The van der Waals surface area contributed by atoms with Crippen LogP contribution in [0.2, 0.25) is 0 Å². The molecule has 0 saturated carbocycles. The summed E-state index contributed by atoms with van der Waals surface area (Å²) in [6.45, 7) is 0. The molecule has 0 unspecified atom stereocenters. The number of fused-ring (bicyclic) bond motifs is 2. The topological polar surface area (TPSA) is 3.88 Å². The molecule has 5 aromatic rings. The molecule has 1 aromatic heterocycles. The molecule has 9 heteroatoms. The molecule has 0 spiro atoms. The summed E-state index contributed by atoms with van der Waals surface area (Å²) in [5.41, 5.74) is 7.57. The first-order chi connectivity index (χ1) is 16.8. The van der Waals surface area contributed by atoms with Crippen molar-refractivity contribution in [3.63, 3.8) is 0 Å². The molecule has 4 aromatic carbocycles. The summed E-state index contributed by atoms with van der Waals surface area (Å²) >= 11 is -9.39. The van der Waals surface area contributed by atoms with Gasteiger partial charge in [-0.15, -0.1) is 0 Å². The Kier molecular flexibility index (Phi) is 5.69. The van der Waals surface area contributed by atoms with Crippen LogP contribution < -0.4 is 4.57 Å². The Morgan fingerprint density at radius 2 is 1.08 bits per heavy atom. The Hall–Kier alpha value is -2.96. The molecule has 0 aliphatic carbocycles. The normalized spacial score (nSPS) is 14.2. The van der Waals surface area contributed by atoms with Gasteiger partial charge < -0.3 is 0 Å². The predicted molar refractivity (Wildman–Crippen MR) is 133 cm³/mol. The zero-order chi connectivity index (χ0) is 25.6. The third kappa shape index (κ3) is 5.71. The van der Waals surface area contributed by atoms with Crippen LogP contribution in [0.15, 0.2) is 119 Å². The second-order valence-corrected chi connectivity index (χ2v) is 14.8. The number of aromatic nitrogens is 1. The number of nitrogens with zero attached hydrogens (tertiary/aromatic N) is 1. The van der Waals surface area contributed by atoms with E-state index in [0.29, 0.717) is 0 Å². The minimum absolute atomic E-state index is 1.23. The third-order valence-electron chi connectivity index (χ3n) is 5.53.